The van der Waals surface area contributed by atoms with E-state index in [2.05, 4.69) is 48.7 Å². The number of nitrogens with zero attached hydrogens (tertiary/aromatic N) is 3. The minimum atomic E-state index is -4.48. The van der Waals surface area contributed by atoms with E-state index in [0.717, 1.165) is 49.9 Å². The number of nitrogens with one attached hydrogen (secondary N) is 1. The molecule has 0 saturated heterocycles. The smallest absolute Gasteiger partial charge is 0.337 e. The lowest BCUT2D eigenvalue weighted by Gasteiger charge is -2.18. The van der Waals surface area contributed by atoms with E-state index >= 15 is 0 Å². The van der Waals surface area contributed by atoms with Gasteiger partial charge in [0.25, 0.3) is 21.9 Å². The van der Waals surface area contributed by atoms with Crippen LogP contribution in [0.25, 0.3) is 5.57 Å². The number of ether oxygens (including phenoxy) is 1. The maximum atomic E-state index is 12.5. The van der Waals surface area contributed by atoms with Gasteiger partial charge < -0.3 is 10.1 Å². The zero-order valence-electron chi connectivity index (χ0n) is 32.2. The number of esters is 1. The number of carbonyl (C=O) groups is 4. The maximum absolute atomic E-state index is 12.5. The van der Waals surface area contributed by atoms with Gasteiger partial charge in [0, 0.05) is 60.4 Å². The van der Waals surface area contributed by atoms with Gasteiger partial charge >= 0.3 is 5.97 Å². The lowest BCUT2D eigenvalue weighted by Crippen LogP contribution is -2.40. The highest BCUT2D eigenvalue weighted by Gasteiger charge is 2.47. The second-order valence-corrected chi connectivity index (χ2v) is 16.5. The summed E-state index contributed by atoms with van der Waals surface area (Å²) in [5.74, 6) is -1.66. The average molecular weight is 779 g/mol. The van der Waals surface area contributed by atoms with Gasteiger partial charge in [-0.15, -0.1) is 0 Å². The van der Waals surface area contributed by atoms with Crippen LogP contribution in [-0.2, 0) is 40.1 Å². The zero-order chi connectivity index (χ0) is 40.6. The summed E-state index contributed by atoms with van der Waals surface area (Å²) in [5.41, 5.74) is 6.37. The Morgan fingerprint density at radius 3 is 2.18 bits per heavy atom. The Balaban J connectivity index is 1.37. The summed E-state index contributed by atoms with van der Waals surface area (Å²) in [6.45, 7) is 13.1. The molecule has 0 bridgehead atoms. The Hall–Kier alpha value is -5.79. The number of unbranched alkanes of at least 4 members (excludes halogenated alkanes) is 2. The van der Waals surface area contributed by atoms with Crippen molar-refractivity contribution in [2.24, 2.45) is 0 Å². The van der Waals surface area contributed by atoms with Gasteiger partial charge in [-0.3, -0.25) is 23.8 Å². The number of hydrogen-bond acceptors (Lipinski definition) is 7. The second-order valence-electron chi connectivity index (χ2n) is 15.1. The van der Waals surface area contributed by atoms with E-state index < -0.39 is 38.7 Å². The quantitative estimate of drug-likeness (QED) is 0.0710. The van der Waals surface area contributed by atoms with E-state index in [1.54, 1.807) is 18.2 Å². The van der Waals surface area contributed by atoms with Crippen molar-refractivity contribution in [2.75, 3.05) is 20.3 Å². The summed E-state index contributed by atoms with van der Waals surface area (Å²) < 4.78 is 43.6. The van der Waals surface area contributed by atoms with Gasteiger partial charge in [-0.05, 0) is 75.9 Å². The van der Waals surface area contributed by atoms with Crippen LogP contribution in [0, 0.1) is 0 Å². The summed E-state index contributed by atoms with van der Waals surface area (Å²) >= 11 is 0. The molecule has 3 aliphatic heterocycles. The molecule has 3 aromatic carbocycles. The fraction of sp³-hybridized carbons (Fsp3) is 0.302. The van der Waals surface area contributed by atoms with Gasteiger partial charge in [0.05, 0.1) is 28.4 Å². The number of rotatable bonds is 13. The monoisotopic (exact) mass is 778 g/mol. The first-order valence-corrected chi connectivity index (χ1v) is 19.8. The molecule has 6 rings (SSSR count). The molecule has 3 aromatic rings. The van der Waals surface area contributed by atoms with Gasteiger partial charge in [-0.25, -0.2) is 4.79 Å². The highest BCUT2D eigenvalue weighted by atomic mass is 32.2. The lowest BCUT2D eigenvalue weighted by atomic mass is 9.79. The first kappa shape index (κ1) is 39.9. The van der Waals surface area contributed by atoms with Crippen LogP contribution in [0.4, 0.5) is 11.4 Å². The Morgan fingerprint density at radius 1 is 0.875 bits per heavy atom. The summed E-state index contributed by atoms with van der Waals surface area (Å²) in [5, 5.41) is 2.63. The predicted octanol–water partition coefficient (Wildman–Crippen LogP) is 5.96. The first-order valence-electron chi connectivity index (χ1n) is 18.3. The second kappa shape index (κ2) is 15.4. The van der Waals surface area contributed by atoms with Gasteiger partial charge in [0.1, 0.15) is 19.9 Å². The Labute approximate surface area is 326 Å². The number of benzene rings is 3. The van der Waals surface area contributed by atoms with E-state index in [9.17, 15) is 32.1 Å². The Morgan fingerprint density at radius 2 is 1.54 bits per heavy atom. The highest BCUT2D eigenvalue weighted by molar-refractivity contribution is 7.85. The number of methoxy groups -OCH3 is 1. The molecule has 13 heteroatoms. The van der Waals surface area contributed by atoms with Gasteiger partial charge in [-0.1, -0.05) is 30.3 Å². The van der Waals surface area contributed by atoms with E-state index in [0.29, 0.717) is 31.4 Å². The van der Waals surface area contributed by atoms with Crippen molar-refractivity contribution in [1.82, 2.24) is 10.2 Å². The van der Waals surface area contributed by atoms with E-state index in [4.69, 9.17) is 4.74 Å². The molecule has 12 nitrogen and oxygen atoms in total. The van der Waals surface area contributed by atoms with Crippen LogP contribution in [-0.4, -0.2) is 83.5 Å². The molecule has 0 unspecified atom stereocenters. The molecule has 56 heavy (non-hydrogen) atoms. The molecule has 290 valence electrons. The van der Waals surface area contributed by atoms with E-state index in [1.165, 1.54) is 31.4 Å². The Bertz CT molecular complexity index is 2380. The molecule has 0 aliphatic carbocycles. The molecule has 0 aromatic heterocycles. The van der Waals surface area contributed by atoms with Crippen molar-refractivity contribution >= 4 is 63.2 Å². The van der Waals surface area contributed by atoms with Gasteiger partial charge in [0.15, 0.2) is 11.4 Å². The number of amides is 3. The number of fused-ring (bicyclic) bond motifs is 2. The first-order chi connectivity index (χ1) is 26.4. The fourth-order valence-electron chi connectivity index (χ4n) is 7.61. The number of imide groups is 1. The van der Waals surface area contributed by atoms with Crippen molar-refractivity contribution in [3.8, 4) is 0 Å². The van der Waals surface area contributed by atoms with E-state index in [1.807, 2.05) is 48.8 Å². The number of allylic oxidation sites excluding steroid dienone is 4. The third-order valence-electron chi connectivity index (χ3n) is 10.8. The maximum Gasteiger partial charge on any atom is 0.337 e. The topological polar surface area (TPSA) is 153 Å². The fourth-order valence-corrected chi connectivity index (χ4v) is 8.12. The van der Waals surface area contributed by atoms with Crippen molar-refractivity contribution in [2.45, 2.75) is 69.1 Å². The standard InChI is InChI=1S/C43H44N4O8S/c1-42(2)32-12-9-10-13-34(32)45(5)36(42)24-30(28-15-17-29(18-16-28)41(51)55-6)25-37-43(3,4)33-26-31(56(52,53)54)19-20-35(33)46(37)23-11-7-8-14-38(48)44-27-47-39(49)21-22-40(47)50/h9-10,12-13,15-22,24-26H,5,7-8,11,14,23,27H2,1-4,6H3/p+2/b30-25-,36-24-. The SMILES string of the molecule is C=[N+]1/C(=C\C(=C\C2=[N+](CCCCCC(=O)NCN3C(=O)C=CC3=O)c3ccc(S(=O)(=O)O)cc3C2(C)C)c2ccc(C(=O)OC)cc2)C(C)(C)c2ccccc21. The van der Waals surface area contributed by atoms with Crippen LogP contribution >= 0.6 is 0 Å². The highest BCUT2D eigenvalue weighted by Crippen LogP contribution is 2.47. The zero-order valence-corrected chi connectivity index (χ0v) is 33.0. The number of para-hydroxylation sites is 1. The molecular weight excluding hydrogens is 733 g/mol. The van der Waals surface area contributed by atoms with Crippen molar-refractivity contribution in [3.63, 3.8) is 0 Å². The molecule has 0 atom stereocenters. The normalized spacial score (nSPS) is 17.8. The largest absolute Gasteiger partial charge is 0.465 e. The average Bonchev–Trinajstić information content (AvgIpc) is 3.67. The summed E-state index contributed by atoms with van der Waals surface area (Å²) in [6, 6.07) is 19.9. The molecule has 0 radical (unpaired) electrons. The van der Waals surface area contributed by atoms with Gasteiger partial charge in [-0.2, -0.15) is 17.6 Å². The Kier molecular flexibility index (Phi) is 11.0. The minimum Gasteiger partial charge on any atom is -0.465 e. The summed E-state index contributed by atoms with van der Waals surface area (Å²) in [4.78, 5) is 49.3. The van der Waals surface area contributed by atoms with Gasteiger partial charge in [0.2, 0.25) is 17.3 Å². The molecule has 0 spiro atoms. The van der Waals surface area contributed by atoms with Crippen LogP contribution in [0.3, 0.4) is 0 Å². The summed E-state index contributed by atoms with van der Waals surface area (Å²) in [6.07, 6.45) is 8.64. The molecule has 3 aliphatic rings. The molecular formula is C43H46N4O8S+2. The van der Waals surface area contributed by atoms with Crippen LogP contribution in [0.5, 0.6) is 0 Å². The van der Waals surface area contributed by atoms with Crippen molar-refractivity contribution in [1.29, 1.82) is 0 Å². The molecule has 2 N–H and O–H groups in total. The molecule has 0 fully saturated rings. The molecule has 3 amide bonds. The lowest BCUT2D eigenvalue weighted by molar-refractivity contribution is -0.438. The van der Waals surface area contributed by atoms with Crippen LogP contribution in [0.15, 0.2) is 102 Å². The van der Waals surface area contributed by atoms with Crippen molar-refractivity contribution in [3.05, 3.63) is 119 Å². The number of hydrogen-bond donors (Lipinski definition) is 2. The summed E-state index contributed by atoms with van der Waals surface area (Å²) in [7, 11) is -3.15. The van der Waals surface area contributed by atoms with Crippen molar-refractivity contribution < 1.29 is 46.0 Å². The third-order valence-corrected chi connectivity index (χ3v) is 11.7. The third kappa shape index (κ3) is 7.69. The van der Waals surface area contributed by atoms with E-state index in [-0.39, 0.29) is 23.9 Å². The minimum absolute atomic E-state index is 0.182. The van der Waals surface area contributed by atoms with Crippen LogP contribution in [0.1, 0.15) is 80.4 Å². The number of carbonyl (C=O) groups excluding carboxylic acids is 4. The van der Waals surface area contributed by atoms with Crippen LogP contribution in [0.2, 0.25) is 0 Å². The molecule has 0 saturated carbocycles. The van der Waals surface area contributed by atoms with Crippen LogP contribution < -0.4 is 5.32 Å². The predicted molar refractivity (Wildman–Crippen MR) is 212 cm³/mol. The molecule has 3 heterocycles.